The van der Waals surface area contributed by atoms with Gasteiger partial charge in [0.2, 0.25) is 5.82 Å². The Morgan fingerprint density at radius 1 is 1.24 bits per heavy atom. The van der Waals surface area contributed by atoms with Gasteiger partial charge in [0.25, 0.3) is 11.8 Å². The number of nitrogens with zero attached hydrogens (tertiary/aromatic N) is 5. The van der Waals surface area contributed by atoms with Crippen molar-refractivity contribution in [3.63, 3.8) is 0 Å². The van der Waals surface area contributed by atoms with Crippen molar-refractivity contribution in [3.8, 4) is 23.0 Å². The van der Waals surface area contributed by atoms with Crippen LogP contribution in [0.4, 0.5) is 4.79 Å². The van der Waals surface area contributed by atoms with E-state index in [-0.39, 0.29) is 18.9 Å². The Bertz CT molecular complexity index is 1340. The van der Waals surface area contributed by atoms with E-state index < -0.39 is 23.6 Å². The lowest BCUT2D eigenvalue weighted by Gasteiger charge is -2.34. The molecular weight excluding hydrogens is 444 g/mol. The molecule has 3 N–H and O–H groups in total. The normalized spacial score (nSPS) is 22.8. The van der Waals surface area contributed by atoms with Crippen LogP contribution in [0.15, 0.2) is 30.3 Å². The molecule has 172 valence electrons. The molecule has 0 saturated carbocycles. The van der Waals surface area contributed by atoms with E-state index in [1.54, 1.807) is 24.3 Å². The molecular formula is C21H18N8O5. The number of nitrogens with one attached hydrogen (secondary N) is 3. The van der Waals surface area contributed by atoms with Crippen molar-refractivity contribution in [2.24, 2.45) is 0 Å². The van der Waals surface area contributed by atoms with Crippen molar-refractivity contribution in [1.82, 2.24) is 41.1 Å². The molecule has 0 spiro atoms. The van der Waals surface area contributed by atoms with E-state index in [2.05, 4.69) is 36.2 Å². The zero-order valence-corrected chi connectivity index (χ0v) is 17.9. The van der Waals surface area contributed by atoms with Crippen LogP contribution in [0.2, 0.25) is 0 Å². The lowest BCUT2D eigenvalue weighted by molar-refractivity contribution is -0.127. The number of fused-ring (bicyclic) bond motifs is 2. The summed E-state index contributed by atoms with van der Waals surface area (Å²) in [6.07, 6.45) is -0.551. The fourth-order valence-electron chi connectivity index (χ4n) is 4.62. The molecule has 3 aromatic rings. The Morgan fingerprint density at radius 3 is 2.85 bits per heavy atom. The summed E-state index contributed by atoms with van der Waals surface area (Å²) in [6.45, 7) is 0.222. The van der Waals surface area contributed by atoms with Gasteiger partial charge in [-0.3, -0.25) is 14.9 Å². The number of tetrazole rings is 1. The van der Waals surface area contributed by atoms with Gasteiger partial charge in [-0.2, -0.15) is 5.21 Å². The highest BCUT2D eigenvalue weighted by molar-refractivity contribution is 6.08. The van der Waals surface area contributed by atoms with E-state index in [0.29, 0.717) is 40.8 Å². The van der Waals surface area contributed by atoms with Crippen LogP contribution < -0.4 is 20.1 Å². The molecule has 1 fully saturated rings. The molecule has 3 aliphatic heterocycles. The Balaban J connectivity index is 1.30. The van der Waals surface area contributed by atoms with Gasteiger partial charge in [-0.05, 0) is 35.0 Å². The van der Waals surface area contributed by atoms with Crippen LogP contribution in [0, 0.1) is 0 Å². The monoisotopic (exact) mass is 462 g/mol. The van der Waals surface area contributed by atoms with E-state index in [1.807, 2.05) is 6.07 Å². The summed E-state index contributed by atoms with van der Waals surface area (Å²) >= 11 is 0. The molecule has 2 atom stereocenters. The van der Waals surface area contributed by atoms with E-state index >= 15 is 0 Å². The topological polar surface area (TPSA) is 164 Å². The quantitative estimate of drug-likeness (QED) is 0.436. The number of aromatic nitrogens is 5. The number of benzene rings is 1. The van der Waals surface area contributed by atoms with E-state index in [0.717, 1.165) is 5.56 Å². The Kier molecular flexibility index (Phi) is 4.27. The minimum atomic E-state index is -1.49. The lowest BCUT2D eigenvalue weighted by Crippen LogP contribution is -2.64. The molecule has 1 aromatic carbocycles. The summed E-state index contributed by atoms with van der Waals surface area (Å²) in [7, 11) is 1.53. The number of amides is 4. The second-order valence-corrected chi connectivity index (χ2v) is 8.25. The van der Waals surface area contributed by atoms with Gasteiger partial charge in [0, 0.05) is 18.5 Å². The molecule has 0 bridgehead atoms. The zero-order valence-electron chi connectivity index (χ0n) is 17.9. The Labute approximate surface area is 191 Å². The highest BCUT2D eigenvalue weighted by Gasteiger charge is 2.57. The third kappa shape index (κ3) is 2.97. The highest BCUT2D eigenvalue weighted by Crippen LogP contribution is 2.36. The second kappa shape index (κ2) is 7.23. The van der Waals surface area contributed by atoms with Crippen molar-refractivity contribution in [1.29, 1.82) is 0 Å². The van der Waals surface area contributed by atoms with Crippen molar-refractivity contribution in [3.05, 3.63) is 47.2 Å². The maximum Gasteiger partial charge on any atom is 0.322 e. The highest BCUT2D eigenvalue weighted by atomic mass is 16.5. The summed E-state index contributed by atoms with van der Waals surface area (Å²) < 4.78 is 11.3. The van der Waals surface area contributed by atoms with E-state index in [1.165, 1.54) is 12.0 Å². The van der Waals surface area contributed by atoms with Gasteiger partial charge in [0.1, 0.15) is 23.3 Å². The summed E-state index contributed by atoms with van der Waals surface area (Å²) in [5, 5.41) is 18.8. The standard InChI is InChI=1S/C21H18N8O5/c1-33-11-3-2-10-8-29(18(30)12(10)6-11)9-21(19(31)23-20(32)24-21)16-7-14-15(34-16)5-4-13(22-14)17-25-27-28-26-17/h2-6,16H,7-9H2,1H3,(H2,23,24,31,32)(H,25,26,27,28)/t16?,21-/m0/s1. The third-order valence-corrected chi connectivity index (χ3v) is 6.31. The van der Waals surface area contributed by atoms with Crippen LogP contribution in [0.3, 0.4) is 0 Å². The summed E-state index contributed by atoms with van der Waals surface area (Å²) in [6, 6.07) is 8.01. The maximum absolute atomic E-state index is 13.1. The van der Waals surface area contributed by atoms with Crippen molar-refractivity contribution in [2.75, 3.05) is 13.7 Å². The van der Waals surface area contributed by atoms with Crippen LogP contribution in [0.5, 0.6) is 11.5 Å². The predicted molar refractivity (Wildman–Crippen MR) is 113 cm³/mol. The summed E-state index contributed by atoms with van der Waals surface area (Å²) in [5.74, 6) is 0.550. The largest absolute Gasteiger partial charge is 0.497 e. The SMILES string of the molecule is COc1ccc2c(c1)C(=O)N(C[C@@]1(C3Cc4nc(-c5nn[nH]n5)ccc4O3)NC(=O)NC1=O)C2. The maximum atomic E-state index is 13.1. The number of methoxy groups -OCH3 is 1. The molecule has 3 aliphatic rings. The lowest BCUT2D eigenvalue weighted by atomic mass is 9.89. The number of hydrogen-bond acceptors (Lipinski definition) is 9. The number of rotatable bonds is 5. The summed E-state index contributed by atoms with van der Waals surface area (Å²) in [4.78, 5) is 44.5. The molecule has 0 aliphatic carbocycles. The van der Waals surface area contributed by atoms with Crippen molar-refractivity contribution in [2.45, 2.75) is 24.6 Å². The molecule has 5 heterocycles. The van der Waals surface area contributed by atoms with Gasteiger partial charge in [0.15, 0.2) is 5.54 Å². The molecule has 1 unspecified atom stereocenters. The number of urea groups is 1. The first kappa shape index (κ1) is 20.1. The molecule has 6 rings (SSSR count). The van der Waals surface area contributed by atoms with Crippen LogP contribution in [0.25, 0.3) is 11.5 Å². The van der Waals surface area contributed by atoms with Gasteiger partial charge in [-0.1, -0.05) is 6.07 Å². The molecule has 0 radical (unpaired) electrons. The van der Waals surface area contributed by atoms with Crippen LogP contribution in [-0.2, 0) is 17.8 Å². The van der Waals surface area contributed by atoms with Gasteiger partial charge >= 0.3 is 6.03 Å². The zero-order chi connectivity index (χ0) is 23.4. The van der Waals surface area contributed by atoms with Crippen LogP contribution in [0.1, 0.15) is 21.6 Å². The van der Waals surface area contributed by atoms with Gasteiger partial charge in [-0.25, -0.2) is 9.78 Å². The number of aromatic amines is 1. The predicted octanol–water partition coefficient (Wildman–Crippen LogP) is -0.192. The Hall–Kier alpha value is -4.55. The number of ether oxygens (including phenoxy) is 2. The number of carbonyl (C=O) groups is 3. The van der Waals surface area contributed by atoms with Gasteiger partial charge in [-0.15, -0.1) is 10.2 Å². The first-order chi connectivity index (χ1) is 16.5. The van der Waals surface area contributed by atoms with Crippen molar-refractivity contribution < 1.29 is 23.9 Å². The average molecular weight is 462 g/mol. The average Bonchev–Trinajstić information content (AvgIpc) is 3.61. The second-order valence-electron chi connectivity index (χ2n) is 8.25. The van der Waals surface area contributed by atoms with Crippen molar-refractivity contribution >= 4 is 17.8 Å². The number of carbonyl (C=O) groups excluding carboxylic acids is 3. The van der Waals surface area contributed by atoms with Gasteiger partial charge in [0.05, 0.1) is 19.3 Å². The number of pyridine rings is 1. The first-order valence-corrected chi connectivity index (χ1v) is 10.5. The van der Waals surface area contributed by atoms with Crippen LogP contribution >= 0.6 is 0 Å². The molecule has 4 amide bonds. The number of hydrogen-bond donors (Lipinski definition) is 3. The first-order valence-electron chi connectivity index (χ1n) is 10.5. The third-order valence-electron chi connectivity index (χ3n) is 6.31. The summed E-state index contributed by atoms with van der Waals surface area (Å²) in [5.41, 5.74) is 0.895. The number of imide groups is 1. The van der Waals surface area contributed by atoms with Crippen LogP contribution in [-0.4, -0.2) is 73.7 Å². The molecule has 2 aromatic heterocycles. The molecule has 13 heteroatoms. The van der Waals surface area contributed by atoms with E-state index in [9.17, 15) is 14.4 Å². The fourth-order valence-corrected chi connectivity index (χ4v) is 4.62. The van der Waals surface area contributed by atoms with Gasteiger partial charge < -0.3 is 19.7 Å². The smallest absolute Gasteiger partial charge is 0.322 e. The molecule has 1 saturated heterocycles. The van der Waals surface area contributed by atoms with E-state index in [4.69, 9.17) is 9.47 Å². The minimum absolute atomic E-state index is 0.0727. The number of H-pyrrole nitrogens is 1. The fraction of sp³-hybridized carbons (Fsp3) is 0.286. The molecule has 34 heavy (non-hydrogen) atoms. The molecule has 13 nitrogen and oxygen atoms in total. The Morgan fingerprint density at radius 2 is 2.12 bits per heavy atom. The minimum Gasteiger partial charge on any atom is -0.497 e.